The van der Waals surface area contributed by atoms with Crippen molar-refractivity contribution in [2.24, 2.45) is 0 Å². The molecular weight excluding hydrogens is 187 g/mol. The van der Waals surface area contributed by atoms with Gasteiger partial charge in [0.25, 0.3) is 0 Å². The van der Waals surface area contributed by atoms with Crippen LogP contribution in [-0.4, -0.2) is 55.2 Å². The Bertz CT molecular complexity index is 56.3. The van der Waals surface area contributed by atoms with Crippen LogP contribution in [0.2, 0.25) is 0 Å². The quantitative estimate of drug-likeness (QED) is 0.342. The van der Waals surface area contributed by atoms with E-state index in [9.17, 15) is 9.79 Å². The van der Waals surface area contributed by atoms with Gasteiger partial charge in [0.15, 0.2) is 0 Å². The van der Waals surface area contributed by atoms with Gasteiger partial charge in [-0.05, 0) is 12.2 Å². The van der Waals surface area contributed by atoms with E-state index in [2.05, 4.69) is 0 Å². The van der Waals surface area contributed by atoms with Gasteiger partial charge in [-0.2, -0.15) is 11.4 Å². The second-order valence-corrected chi connectivity index (χ2v) is 3.92. The molecule has 0 aromatic rings. The first-order chi connectivity index (χ1) is 3.77. The minimum Gasteiger partial charge on any atom is -0.834 e. The largest absolute Gasteiger partial charge is 2.00 e. The summed E-state index contributed by atoms with van der Waals surface area (Å²) in [6.45, 7) is 0.0656. The van der Waals surface area contributed by atoms with Gasteiger partial charge in [0.1, 0.15) is 0 Å². The van der Waals surface area contributed by atoms with Crippen LogP contribution in [0, 0.1) is 0 Å². The van der Waals surface area contributed by atoms with Crippen molar-refractivity contribution in [3.63, 3.8) is 0 Å². The summed E-state index contributed by atoms with van der Waals surface area (Å²) in [5.74, 6) is 0.495. The molecule has 9 heavy (non-hydrogen) atoms. The Morgan fingerprint density at radius 3 is 2.33 bits per heavy atom. The van der Waals surface area contributed by atoms with Gasteiger partial charge in [-0.1, -0.05) is 0 Å². The van der Waals surface area contributed by atoms with Crippen LogP contribution in [0.25, 0.3) is 0 Å². The molecule has 0 unspecified atom stereocenters. The van der Waals surface area contributed by atoms with E-state index in [1.54, 1.807) is 0 Å². The van der Waals surface area contributed by atoms with Gasteiger partial charge in [0.05, 0.1) is 0 Å². The average molecular weight is 194 g/mol. The van der Waals surface area contributed by atoms with Crippen molar-refractivity contribution in [2.75, 3.05) is 12.4 Å². The zero-order chi connectivity index (χ0) is 6.41. The predicted molar refractivity (Wildman–Crippen MR) is 36.8 cm³/mol. The molecule has 0 saturated heterocycles. The maximum absolute atomic E-state index is 9.79. The Kier molecular flexibility index (Phi) is 14.9. The van der Waals surface area contributed by atoms with Gasteiger partial charge in [0, 0.05) is 6.61 Å². The molecule has 0 saturated carbocycles. The van der Waals surface area contributed by atoms with E-state index in [-0.39, 0.29) is 44.3 Å². The Labute approximate surface area is 89.5 Å². The van der Waals surface area contributed by atoms with Gasteiger partial charge in [-0.3, -0.25) is 0 Å². The summed E-state index contributed by atoms with van der Waals surface area (Å²) < 4.78 is 0. The SMILES string of the molecule is [Ca+2].[O-]P([O-])SCCCO. The third-order valence-electron chi connectivity index (χ3n) is 0.499. The number of hydrogen-bond acceptors (Lipinski definition) is 4. The standard InChI is InChI=1S/C3H7O3PS.Ca/c4-2-1-3-8-7(5)6;/h4H,1-3H2;/q-2;+2. The molecular formula is C3H7CaO3PS. The molecule has 1 N–H and O–H groups in total. The maximum Gasteiger partial charge on any atom is 2.00 e. The van der Waals surface area contributed by atoms with E-state index in [1.165, 1.54) is 0 Å². The summed E-state index contributed by atoms with van der Waals surface area (Å²) in [6, 6.07) is 0. The summed E-state index contributed by atoms with van der Waals surface area (Å²) >= 11 is 0.850. The fourth-order valence-electron chi connectivity index (χ4n) is 0.204. The molecule has 0 rings (SSSR count). The Morgan fingerprint density at radius 2 is 2.00 bits per heavy atom. The van der Waals surface area contributed by atoms with E-state index in [0.717, 1.165) is 11.4 Å². The second kappa shape index (κ2) is 9.92. The first-order valence-electron chi connectivity index (χ1n) is 2.15. The van der Waals surface area contributed by atoms with Gasteiger partial charge in [0.2, 0.25) is 0 Å². The van der Waals surface area contributed by atoms with Crippen molar-refractivity contribution in [1.82, 2.24) is 0 Å². The van der Waals surface area contributed by atoms with Crippen LogP contribution in [0.3, 0.4) is 0 Å². The molecule has 6 heteroatoms. The molecule has 0 amide bonds. The van der Waals surface area contributed by atoms with Crippen LogP contribution < -0.4 is 9.79 Å². The minimum absolute atomic E-state index is 0. The zero-order valence-electron chi connectivity index (χ0n) is 4.95. The van der Waals surface area contributed by atoms with Crippen molar-refractivity contribution >= 4 is 56.7 Å². The van der Waals surface area contributed by atoms with Gasteiger partial charge in [-0.25, -0.2) is 7.58 Å². The molecule has 0 aliphatic heterocycles. The Hall–Kier alpha value is 1.92. The molecule has 0 heterocycles. The maximum atomic E-state index is 9.79. The van der Waals surface area contributed by atoms with Crippen molar-refractivity contribution in [1.29, 1.82) is 0 Å². The van der Waals surface area contributed by atoms with Crippen LogP contribution in [0.15, 0.2) is 0 Å². The van der Waals surface area contributed by atoms with E-state index in [0.29, 0.717) is 12.2 Å². The molecule has 0 aromatic heterocycles. The summed E-state index contributed by atoms with van der Waals surface area (Å²) in [4.78, 5) is 19.6. The molecule has 0 aromatic carbocycles. The number of hydrogen-bond donors (Lipinski definition) is 1. The smallest absolute Gasteiger partial charge is 0.834 e. The van der Waals surface area contributed by atoms with Crippen molar-refractivity contribution in [3.8, 4) is 0 Å². The van der Waals surface area contributed by atoms with Gasteiger partial charge in [-0.15, -0.1) is 0 Å². The number of aliphatic hydroxyl groups is 1. The molecule has 3 nitrogen and oxygen atoms in total. The molecule has 0 spiro atoms. The molecule has 0 atom stereocenters. The monoisotopic (exact) mass is 194 g/mol. The third kappa shape index (κ3) is 13.0. The van der Waals surface area contributed by atoms with E-state index in [4.69, 9.17) is 5.11 Å². The molecule has 0 fully saturated rings. The normalized spacial score (nSPS) is 9.33. The number of rotatable bonds is 4. The van der Waals surface area contributed by atoms with Gasteiger partial charge >= 0.3 is 37.7 Å². The van der Waals surface area contributed by atoms with Crippen LogP contribution in [0.5, 0.6) is 0 Å². The Balaban J connectivity index is 0. The first-order valence-corrected chi connectivity index (χ1v) is 4.92. The number of aliphatic hydroxyl groups excluding tert-OH is 1. The first kappa shape index (κ1) is 13.5. The van der Waals surface area contributed by atoms with Crippen molar-refractivity contribution in [3.05, 3.63) is 0 Å². The van der Waals surface area contributed by atoms with E-state index in [1.807, 2.05) is 0 Å². The summed E-state index contributed by atoms with van der Waals surface area (Å²) in [7, 11) is -2.31. The van der Waals surface area contributed by atoms with Crippen molar-refractivity contribution in [2.45, 2.75) is 6.42 Å². The third-order valence-corrected chi connectivity index (χ3v) is 2.36. The predicted octanol–water partition coefficient (Wildman–Crippen LogP) is -1.33. The summed E-state index contributed by atoms with van der Waals surface area (Å²) in [6.07, 6.45) is 0.550. The summed E-state index contributed by atoms with van der Waals surface area (Å²) in [5.41, 5.74) is 0. The van der Waals surface area contributed by atoms with E-state index >= 15 is 0 Å². The minimum atomic E-state index is -2.31. The van der Waals surface area contributed by atoms with Crippen LogP contribution >= 0.6 is 19.0 Å². The van der Waals surface area contributed by atoms with Crippen LogP contribution in [-0.2, 0) is 0 Å². The molecule has 0 aliphatic rings. The van der Waals surface area contributed by atoms with E-state index < -0.39 is 7.58 Å². The van der Waals surface area contributed by atoms with Gasteiger partial charge < -0.3 is 14.9 Å². The van der Waals surface area contributed by atoms with Crippen LogP contribution in [0.1, 0.15) is 6.42 Å². The molecule has 0 radical (unpaired) electrons. The molecule has 0 bridgehead atoms. The second-order valence-electron chi connectivity index (χ2n) is 1.13. The molecule has 50 valence electrons. The topological polar surface area (TPSA) is 66.3 Å². The Morgan fingerprint density at radius 1 is 1.44 bits per heavy atom. The fraction of sp³-hybridized carbons (Fsp3) is 1.00. The summed E-state index contributed by atoms with van der Waals surface area (Å²) in [5, 5.41) is 8.17. The van der Waals surface area contributed by atoms with Crippen LogP contribution in [0.4, 0.5) is 0 Å². The molecule has 0 aliphatic carbocycles. The fourth-order valence-corrected chi connectivity index (χ4v) is 1.45. The van der Waals surface area contributed by atoms with Crippen molar-refractivity contribution < 1.29 is 14.9 Å². The average Bonchev–Trinajstić information content (AvgIpc) is 1.66. The zero-order valence-corrected chi connectivity index (χ0v) is 8.87.